The van der Waals surface area contributed by atoms with Crippen molar-refractivity contribution in [3.63, 3.8) is 0 Å². The number of carbonyl (C=O) groups is 1. The van der Waals surface area contributed by atoms with E-state index in [-0.39, 0.29) is 18.0 Å². The first kappa shape index (κ1) is 16.0. The van der Waals surface area contributed by atoms with Crippen molar-refractivity contribution >= 4 is 16.2 Å². The van der Waals surface area contributed by atoms with Crippen LogP contribution >= 0.6 is 0 Å². The van der Waals surface area contributed by atoms with Crippen molar-refractivity contribution in [3.8, 4) is 11.8 Å². The summed E-state index contributed by atoms with van der Waals surface area (Å²) in [6.07, 6.45) is -0.834. The lowest BCUT2D eigenvalue weighted by molar-refractivity contribution is 0.0832. The van der Waals surface area contributed by atoms with Crippen molar-refractivity contribution in [2.75, 3.05) is 20.3 Å². The standard InChI is InChI=1S/C13H15NO5S/c1-11-5-7-12(8-6-11)20(16,17)14-9-3-4-10-19-13(15)18-2/h5-8,14H,9-10H2,1-2H3. The fourth-order valence-electron chi connectivity index (χ4n) is 1.20. The van der Waals surface area contributed by atoms with E-state index in [1.165, 1.54) is 19.2 Å². The van der Waals surface area contributed by atoms with Crippen LogP contribution in [0.25, 0.3) is 0 Å². The van der Waals surface area contributed by atoms with Crippen LogP contribution in [0.4, 0.5) is 4.79 Å². The molecule has 6 nitrogen and oxygen atoms in total. The van der Waals surface area contributed by atoms with Gasteiger partial charge in [-0.25, -0.2) is 13.2 Å². The van der Waals surface area contributed by atoms with Crippen LogP contribution in [-0.2, 0) is 19.5 Å². The van der Waals surface area contributed by atoms with Gasteiger partial charge in [0.25, 0.3) is 0 Å². The molecular formula is C13H15NO5S. The average molecular weight is 297 g/mol. The molecular weight excluding hydrogens is 282 g/mol. The molecule has 0 saturated heterocycles. The van der Waals surface area contributed by atoms with Gasteiger partial charge in [0.1, 0.15) is 0 Å². The van der Waals surface area contributed by atoms with Gasteiger partial charge in [0.2, 0.25) is 10.0 Å². The Bertz CT molecular complexity index is 610. The van der Waals surface area contributed by atoms with E-state index >= 15 is 0 Å². The Kier molecular flexibility index (Phi) is 6.03. The lowest BCUT2D eigenvalue weighted by Crippen LogP contribution is -2.24. The topological polar surface area (TPSA) is 81.7 Å². The summed E-state index contributed by atoms with van der Waals surface area (Å²) in [5.41, 5.74) is 0.976. The lowest BCUT2D eigenvalue weighted by atomic mass is 10.2. The average Bonchev–Trinajstić information content (AvgIpc) is 2.42. The first-order valence-electron chi connectivity index (χ1n) is 5.68. The first-order chi connectivity index (χ1) is 9.45. The van der Waals surface area contributed by atoms with Crippen molar-refractivity contribution in [1.29, 1.82) is 0 Å². The maximum atomic E-state index is 11.8. The number of aryl methyl sites for hydroxylation is 1. The van der Waals surface area contributed by atoms with Gasteiger partial charge in [0.05, 0.1) is 18.6 Å². The minimum atomic E-state index is -3.57. The predicted molar refractivity (Wildman–Crippen MR) is 72.5 cm³/mol. The first-order valence-corrected chi connectivity index (χ1v) is 7.17. The van der Waals surface area contributed by atoms with Crippen LogP contribution < -0.4 is 4.72 Å². The van der Waals surface area contributed by atoms with Gasteiger partial charge in [-0.15, -0.1) is 0 Å². The van der Waals surface area contributed by atoms with Gasteiger partial charge in [-0.2, -0.15) is 4.72 Å². The van der Waals surface area contributed by atoms with E-state index in [9.17, 15) is 13.2 Å². The van der Waals surface area contributed by atoms with Gasteiger partial charge in [0.15, 0.2) is 6.61 Å². The molecule has 0 fully saturated rings. The Morgan fingerprint density at radius 1 is 1.25 bits per heavy atom. The third-order valence-corrected chi connectivity index (χ3v) is 3.65. The second-order valence-corrected chi connectivity index (χ2v) is 5.50. The van der Waals surface area contributed by atoms with E-state index in [0.29, 0.717) is 0 Å². The van der Waals surface area contributed by atoms with Crippen LogP contribution in [0.1, 0.15) is 5.56 Å². The Morgan fingerprint density at radius 2 is 1.90 bits per heavy atom. The summed E-state index contributed by atoms with van der Waals surface area (Å²) in [6.45, 7) is 1.65. The number of ether oxygens (including phenoxy) is 2. The number of methoxy groups -OCH3 is 1. The van der Waals surface area contributed by atoms with Gasteiger partial charge in [-0.1, -0.05) is 29.5 Å². The fraction of sp³-hybridized carbons (Fsp3) is 0.308. The molecule has 1 N–H and O–H groups in total. The van der Waals surface area contributed by atoms with E-state index in [0.717, 1.165) is 5.56 Å². The van der Waals surface area contributed by atoms with E-state index in [2.05, 4.69) is 26.0 Å². The van der Waals surface area contributed by atoms with Crippen molar-refractivity contribution in [1.82, 2.24) is 4.72 Å². The van der Waals surface area contributed by atoms with E-state index in [1.807, 2.05) is 6.92 Å². The zero-order chi connectivity index (χ0) is 15.0. The molecule has 0 aliphatic carbocycles. The zero-order valence-electron chi connectivity index (χ0n) is 11.2. The van der Waals surface area contributed by atoms with Crippen LogP contribution in [-0.4, -0.2) is 34.8 Å². The molecule has 0 aliphatic rings. The predicted octanol–water partition coefficient (Wildman–Crippen LogP) is 1.06. The smallest absolute Gasteiger partial charge is 0.438 e. The Hall–Kier alpha value is -2.04. The lowest BCUT2D eigenvalue weighted by Gasteiger charge is -2.03. The number of hydrogen-bond acceptors (Lipinski definition) is 5. The second-order valence-electron chi connectivity index (χ2n) is 3.73. The summed E-state index contributed by atoms with van der Waals surface area (Å²) in [7, 11) is -2.38. The SMILES string of the molecule is COC(=O)OCC#CCNS(=O)(=O)c1ccc(C)cc1. The quantitative estimate of drug-likeness (QED) is 0.664. The summed E-state index contributed by atoms with van der Waals surface area (Å²) in [5.74, 6) is 5.01. The maximum Gasteiger partial charge on any atom is 0.508 e. The molecule has 0 spiro atoms. The number of carbonyl (C=O) groups excluding carboxylic acids is 1. The van der Waals surface area contributed by atoms with E-state index in [1.54, 1.807) is 12.1 Å². The molecule has 0 heterocycles. The van der Waals surface area contributed by atoms with Gasteiger partial charge in [-0.05, 0) is 19.1 Å². The molecule has 1 rings (SSSR count). The number of sulfonamides is 1. The molecule has 0 atom stereocenters. The number of rotatable bonds is 4. The highest BCUT2D eigenvalue weighted by Crippen LogP contribution is 2.09. The third kappa shape index (κ3) is 5.30. The molecule has 0 aliphatic heterocycles. The molecule has 0 bridgehead atoms. The monoisotopic (exact) mass is 297 g/mol. The molecule has 1 aromatic carbocycles. The Labute approximate surface area is 118 Å². The molecule has 0 saturated carbocycles. The summed E-state index contributed by atoms with van der Waals surface area (Å²) in [5, 5.41) is 0. The highest BCUT2D eigenvalue weighted by Gasteiger charge is 2.11. The molecule has 7 heteroatoms. The normalized spacial score (nSPS) is 10.3. The van der Waals surface area contributed by atoms with Crippen molar-refractivity contribution in [2.24, 2.45) is 0 Å². The highest BCUT2D eigenvalue weighted by molar-refractivity contribution is 7.89. The molecule has 0 aromatic heterocycles. The molecule has 108 valence electrons. The van der Waals surface area contributed by atoms with E-state index < -0.39 is 16.2 Å². The van der Waals surface area contributed by atoms with Gasteiger partial charge >= 0.3 is 6.16 Å². The Morgan fingerprint density at radius 3 is 2.50 bits per heavy atom. The second kappa shape index (κ2) is 7.53. The largest absolute Gasteiger partial charge is 0.508 e. The summed E-state index contributed by atoms with van der Waals surface area (Å²) >= 11 is 0. The van der Waals surface area contributed by atoms with Crippen LogP contribution in [0.3, 0.4) is 0 Å². The molecule has 0 unspecified atom stereocenters. The Balaban J connectivity index is 2.47. The van der Waals surface area contributed by atoms with Crippen molar-refractivity contribution < 1.29 is 22.7 Å². The fourth-order valence-corrected chi connectivity index (χ4v) is 2.12. The van der Waals surface area contributed by atoms with Gasteiger partial charge < -0.3 is 9.47 Å². The van der Waals surface area contributed by atoms with Crippen LogP contribution in [0.15, 0.2) is 29.2 Å². The zero-order valence-corrected chi connectivity index (χ0v) is 12.0. The van der Waals surface area contributed by atoms with E-state index in [4.69, 9.17) is 0 Å². The number of nitrogens with one attached hydrogen (secondary N) is 1. The molecule has 0 radical (unpaired) electrons. The van der Waals surface area contributed by atoms with Gasteiger partial charge in [-0.3, -0.25) is 0 Å². The number of benzene rings is 1. The maximum absolute atomic E-state index is 11.8. The highest BCUT2D eigenvalue weighted by atomic mass is 32.2. The van der Waals surface area contributed by atoms with Crippen molar-refractivity contribution in [3.05, 3.63) is 29.8 Å². The third-order valence-electron chi connectivity index (χ3n) is 2.24. The van der Waals surface area contributed by atoms with Crippen LogP contribution in [0, 0.1) is 18.8 Å². The summed E-state index contributed by atoms with van der Waals surface area (Å²) in [4.78, 5) is 10.8. The summed E-state index contributed by atoms with van der Waals surface area (Å²) in [6, 6.07) is 6.46. The van der Waals surface area contributed by atoms with Crippen LogP contribution in [0.5, 0.6) is 0 Å². The minimum absolute atomic E-state index is 0.0687. The summed E-state index contributed by atoms with van der Waals surface area (Å²) < 4.78 is 34.8. The molecule has 1 aromatic rings. The number of hydrogen-bond donors (Lipinski definition) is 1. The minimum Gasteiger partial charge on any atom is -0.438 e. The van der Waals surface area contributed by atoms with Crippen LogP contribution in [0.2, 0.25) is 0 Å². The molecule has 20 heavy (non-hydrogen) atoms. The van der Waals surface area contributed by atoms with Crippen molar-refractivity contribution in [2.45, 2.75) is 11.8 Å². The van der Waals surface area contributed by atoms with Gasteiger partial charge in [0, 0.05) is 0 Å². The molecule has 0 amide bonds.